The zero-order valence-corrected chi connectivity index (χ0v) is 36.4. The molecule has 1 aliphatic carbocycles. The molecule has 0 N–H and O–H groups in total. The van der Waals surface area contributed by atoms with Crippen molar-refractivity contribution in [3.63, 3.8) is 0 Å². The second kappa shape index (κ2) is 14.2. The summed E-state index contributed by atoms with van der Waals surface area (Å²) in [4.78, 5) is 2.47. The first-order valence-electron chi connectivity index (χ1n) is 22.2. The summed E-state index contributed by atoms with van der Waals surface area (Å²) in [6.45, 7) is 4.72. The second-order valence-electron chi connectivity index (χ2n) is 17.7. The van der Waals surface area contributed by atoms with E-state index in [9.17, 15) is 0 Å². The molecule has 3 heteroatoms. The molecule has 2 aromatic heterocycles. The van der Waals surface area contributed by atoms with Gasteiger partial charge in [0.05, 0.1) is 16.7 Å². The molecule has 64 heavy (non-hydrogen) atoms. The second-order valence-corrected chi connectivity index (χ2v) is 18.7. The molecule has 0 radical (unpaired) electrons. The summed E-state index contributed by atoms with van der Waals surface area (Å²) in [5, 5.41) is 7.77. The SMILES string of the molecule is CC1(C)c2ccccc2-c2c(N(c3ccc(-c4ccc5c6ccccc6n(-c6ccccc6)c5c4)cc3)c3ccc(-c4cccc5c4sc4c6ccccc6ccc54)cc3)cccc21. The molecule has 0 saturated carbocycles. The molecular weight excluding hydrogens is 793 g/mol. The highest BCUT2D eigenvalue weighted by atomic mass is 32.1. The third-order valence-corrected chi connectivity index (χ3v) is 15.1. The van der Waals surface area contributed by atoms with E-state index in [4.69, 9.17) is 0 Å². The first-order valence-corrected chi connectivity index (χ1v) is 23.0. The third kappa shape index (κ3) is 5.51. The van der Waals surface area contributed by atoms with E-state index in [0.29, 0.717) is 0 Å². The Morgan fingerprint density at radius 1 is 0.406 bits per heavy atom. The number of fused-ring (bicyclic) bond motifs is 11. The lowest BCUT2D eigenvalue weighted by Gasteiger charge is -2.29. The smallest absolute Gasteiger partial charge is 0.0547 e. The van der Waals surface area contributed by atoms with Crippen LogP contribution in [-0.4, -0.2) is 4.57 Å². The minimum Gasteiger partial charge on any atom is -0.310 e. The van der Waals surface area contributed by atoms with Gasteiger partial charge >= 0.3 is 0 Å². The van der Waals surface area contributed by atoms with E-state index >= 15 is 0 Å². The molecule has 0 unspecified atom stereocenters. The van der Waals surface area contributed by atoms with E-state index in [-0.39, 0.29) is 5.41 Å². The lowest BCUT2D eigenvalue weighted by atomic mass is 9.82. The van der Waals surface area contributed by atoms with Crippen LogP contribution in [0.3, 0.4) is 0 Å². The van der Waals surface area contributed by atoms with Crippen LogP contribution in [0.2, 0.25) is 0 Å². The lowest BCUT2D eigenvalue weighted by molar-refractivity contribution is 0.660. The van der Waals surface area contributed by atoms with Crippen molar-refractivity contribution in [1.29, 1.82) is 0 Å². The molecule has 0 spiro atoms. The average Bonchev–Trinajstić information content (AvgIpc) is 3.98. The van der Waals surface area contributed by atoms with Crippen LogP contribution >= 0.6 is 11.3 Å². The van der Waals surface area contributed by atoms with Crippen LogP contribution in [0.4, 0.5) is 17.1 Å². The molecule has 0 amide bonds. The maximum atomic E-state index is 2.47. The Kier molecular flexibility index (Phi) is 8.16. The summed E-state index contributed by atoms with van der Waals surface area (Å²) in [6, 6.07) is 80.7. The van der Waals surface area contributed by atoms with Crippen molar-refractivity contribution in [2.75, 3.05) is 4.90 Å². The molecule has 1 aliphatic rings. The Morgan fingerprint density at radius 2 is 1.00 bits per heavy atom. The Bertz CT molecular complexity index is 3800. The number of rotatable bonds is 6. The van der Waals surface area contributed by atoms with Gasteiger partial charge in [0.2, 0.25) is 0 Å². The molecule has 12 aromatic rings. The Balaban J connectivity index is 0.948. The Morgan fingerprint density at radius 3 is 1.83 bits per heavy atom. The van der Waals surface area contributed by atoms with Crippen molar-refractivity contribution in [3.8, 4) is 39.1 Å². The molecule has 0 aliphatic heterocycles. The predicted molar refractivity (Wildman–Crippen MR) is 274 cm³/mol. The van der Waals surface area contributed by atoms with Gasteiger partial charge in [-0.2, -0.15) is 0 Å². The van der Waals surface area contributed by atoms with E-state index in [2.05, 4.69) is 242 Å². The molecule has 2 nitrogen and oxygen atoms in total. The van der Waals surface area contributed by atoms with Crippen molar-refractivity contribution in [2.24, 2.45) is 0 Å². The van der Waals surface area contributed by atoms with Crippen LogP contribution in [0, 0.1) is 0 Å². The summed E-state index contributed by atoms with van der Waals surface area (Å²) >= 11 is 1.91. The van der Waals surface area contributed by atoms with E-state index in [1.165, 1.54) is 103 Å². The summed E-state index contributed by atoms with van der Waals surface area (Å²) in [5.41, 5.74) is 17.1. The van der Waals surface area contributed by atoms with Gasteiger partial charge in [0, 0.05) is 59.0 Å². The van der Waals surface area contributed by atoms with E-state index in [1.54, 1.807) is 0 Å². The van der Waals surface area contributed by atoms with Gasteiger partial charge in [-0.3, -0.25) is 0 Å². The van der Waals surface area contributed by atoms with Crippen LogP contribution in [-0.2, 0) is 5.41 Å². The summed E-state index contributed by atoms with van der Waals surface area (Å²) < 4.78 is 5.08. The maximum absolute atomic E-state index is 2.47. The molecule has 13 rings (SSSR count). The average molecular weight is 835 g/mol. The zero-order valence-electron chi connectivity index (χ0n) is 35.6. The van der Waals surface area contributed by atoms with Crippen molar-refractivity contribution < 1.29 is 0 Å². The monoisotopic (exact) mass is 834 g/mol. The van der Waals surface area contributed by atoms with Gasteiger partial charge in [-0.25, -0.2) is 0 Å². The van der Waals surface area contributed by atoms with E-state index in [1.807, 2.05) is 11.3 Å². The van der Waals surface area contributed by atoms with Gasteiger partial charge in [0.25, 0.3) is 0 Å². The van der Waals surface area contributed by atoms with Crippen LogP contribution in [0.25, 0.3) is 91.8 Å². The quantitative estimate of drug-likeness (QED) is 0.162. The van der Waals surface area contributed by atoms with Crippen molar-refractivity contribution >= 4 is 81.1 Å². The highest BCUT2D eigenvalue weighted by molar-refractivity contribution is 7.27. The van der Waals surface area contributed by atoms with Gasteiger partial charge in [0.15, 0.2) is 0 Å². The highest BCUT2D eigenvalue weighted by Crippen LogP contribution is 2.54. The first kappa shape index (κ1) is 36.9. The Hall–Kier alpha value is -7.72. The molecule has 0 saturated heterocycles. The van der Waals surface area contributed by atoms with Gasteiger partial charge in [-0.15, -0.1) is 11.3 Å². The largest absolute Gasteiger partial charge is 0.310 e. The minimum atomic E-state index is -0.115. The molecule has 0 atom stereocenters. The van der Waals surface area contributed by atoms with Crippen LogP contribution < -0.4 is 4.90 Å². The number of hydrogen-bond acceptors (Lipinski definition) is 2. The van der Waals surface area contributed by atoms with Gasteiger partial charge in [-0.1, -0.05) is 178 Å². The number of hydrogen-bond donors (Lipinski definition) is 0. The summed E-state index contributed by atoms with van der Waals surface area (Å²) in [6.07, 6.45) is 0. The Labute approximate surface area is 376 Å². The van der Waals surface area contributed by atoms with Gasteiger partial charge in [-0.05, 0) is 104 Å². The molecular formula is C61H42N2S. The molecule has 10 aromatic carbocycles. The number of aromatic nitrogens is 1. The molecule has 0 fully saturated rings. The fourth-order valence-corrected chi connectivity index (χ4v) is 12.1. The fraction of sp³-hybridized carbons (Fsp3) is 0.0492. The maximum Gasteiger partial charge on any atom is 0.0547 e. The molecule has 302 valence electrons. The lowest BCUT2D eigenvalue weighted by Crippen LogP contribution is -2.16. The van der Waals surface area contributed by atoms with Gasteiger partial charge in [0.1, 0.15) is 0 Å². The number of thiophene rings is 1. The molecule has 2 heterocycles. The van der Waals surface area contributed by atoms with Crippen LogP contribution in [0.5, 0.6) is 0 Å². The standard InChI is InChI=1S/C61H42N2S/c1-61(2)53-22-10-8-19-52(53)58-54(61)23-13-25-56(58)62(45-34-28-41(29-35-45)47-20-12-21-50-51-37-30-40-14-6-7-17-46(40)60(51)64-59(47)50)44-32-26-39(27-33-44)42-31-36-49-48-18-9-11-24-55(48)63(57(49)38-42)43-15-4-3-5-16-43/h3-38H,1-2H3. The van der Waals surface area contributed by atoms with E-state index in [0.717, 1.165) is 17.1 Å². The highest BCUT2D eigenvalue weighted by Gasteiger charge is 2.37. The van der Waals surface area contributed by atoms with Crippen molar-refractivity contribution in [2.45, 2.75) is 19.3 Å². The topological polar surface area (TPSA) is 8.17 Å². The number of nitrogens with zero attached hydrogens (tertiary/aromatic N) is 2. The van der Waals surface area contributed by atoms with Crippen molar-refractivity contribution in [3.05, 3.63) is 230 Å². The zero-order chi connectivity index (χ0) is 42.5. The van der Waals surface area contributed by atoms with Crippen LogP contribution in [0.1, 0.15) is 25.0 Å². The molecule has 0 bridgehead atoms. The fourth-order valence-electron chi connectivity index (χ4n) is 10.7. The third-order valence-electron chi connectivity index (χ3n) is 13.8. The predicted octanol–water partition coefficient (Wildman–Crippen LogP) is 17.4. The minimum absolute atomic E-state index is 0.115. The summed E-state index contributed by atoms with van der Waals surface area (Å²) in [7, 11) is 0. The van der Waals surface area contributed by atoms with E-state index < -0.39 is 0 Å². The normalized spacial score (nSPS) is 13.0. The number of anilines is 3. The van der Waals surface area contributed by atoms with Crippen molar-refractivity contribution in [1.82, 2.24) is 4.57 Å². The number of benzene rings is 10. The number of para-hydroxylation sites is 2. The summed E-state index contributed by atoms with van der Waals surface area (Å²) in [5.74, 6) is 0. The van der Waals surface area contributed by atoms with Gasteiger partial charge < -0.3 is 9.47 Å². The first-order chi connectivity index (χ1) is 31.5. The van der Waals surface area contributed by atoms with Crippen LogP contribution in [0.15, 0.2) is 218 Å².